The number of carbonyl (C=O) groups excluding carboxylic acids is 1. The minimum atomic E-state index is -0.544. The number of anilines is 1. The quantitative estimate of drug-likeness (QED) is 0.328. The number of ether oxygens (including phenoxy) is 3. The Kier molecular flexibility index (Phi) is 10.2. The van der Waals surface area contributed by atoms with E-state index in [1.165, 1.54) is 11.6 Å². The molecule has 2 aliphatic heterocycles. The molecule has 0 saturated carbocycles. The third-order valence-corrected chi connectivity index (χ3v) is 7.55. The fraction of sp³-hybridized carbons (Fsp3) is 0.364. The summed E-state index contributed by atoms with van der Waals surface area (Å²) in [7, 11) is 0. The van der Waals surface area contributed by atoms with E-state index < -0.39 is 12.4 Å². The van der Waals surface area contributed by atoms with Crippen LogP contribution in [0.25, 0.3) is 0 Å². The zero-order valence-corrected chi connectivity index (χ0v) is 23.4. The molecule has 8 heteroatoms. The lowest BCUT2D eigenvalue weighted by molar-refractivity contribution is -0.253. The highest BCUT2D eigenvalue weighted by Crippen LogP contribution is 2.38. The van der Waals surface area contributed by atoms with E-state index in [-0.39, 0.29) is 25.4 Å². The monoisotopic (exact) mass is 557 g/mol. The van der Waals surface area contributed by atoms with Crippen molar-refractivity contribution in [3.05, 3.63) is 114 Å². The largest absolute Gasteiger partial charge is 0.445 e. The number of benzene rings is 3. The molecule has 8 nitrogen and oxygen atoms in total. The first-order valence-electron chi connectivity index (χ1n) is 14.2. The predicted molar refractivity (Wildman–Crippen MR) is 158 cm³/mol. The number of carbonyl (C=O) groups is 1. The molecule has 0 spiro atoms. The Balaban J connectivity index is 1.23. The summed E-state index contributed by atoms with van der Waals surface area (Å²) in [4.78, 5) is 16.9. The first kappa shape index (κ1) is 29.0. The summed E-state index contributed by atoms with van der Waals surface area (Å²) in [5.41, 5.74) is 4.79. The van der Waals surface area contributed by atoms with Gasteiger partial charge in [-0.15, -0.1) is 0 Å². The summed E-state index contributed by atoms with van der Waals surface area (Å²) in [5.74, 6) is 0. The van der Waals surface area contributed by atoms with E-state index in [9.17, 15) is 9.90 Å². The highest BCUT2D eigenvalue weighted by atomic mass is 16.7. The summed E-state index contributed by atoms with van der Waals surface area (Å²) in [5, 5.41) is 12.2. The van der Waals surface area contributed by atoms with Crippen molar-refractivity contribution in [3.63, 3.8) is 0 Å². The number of aliphatic hydroxyl groups is 1. The van der Waals surface area contributed by atoms with Crippen molar-refractivity contribution in [2.45, 2.75) is 38.1 Å². The molecule has 0 bridgehead atoms. The van der Waals surface area contributed by atoms with Gasteiger partial charge in [0.1, 0.15) is 6.61 Å². The molecule has 0 radical (unpaired) electrons. The van der Waals surface area contributed by atoms with Crippen LogP contribution in [-0.2, 0) is 27.4 Å². The summed E-state index contributed by atoms with van der Waals surface area (Å²) < 4.78 is 18.0. The fourth-order valence-electron chi connectivity index (χ4n) is 5.30. The van der Waals surface area contributed by atoms with Crippen LogP contribution in [0.1, 0.15) is 41.1 Å². The minimum Gasteiger partial charge on any atom is -0.445 e. The smallest absolute Gasteiger partial charge is 0.411 e. The molecular formula is C33H39N3O5. The maximum absolute atomic E-state index is 11.9. The van der Waals surface area contributed by atoms with Crippen LogP contribution < -0.4 is 5.32 Å². The Labute approximate surface area is 242 Å². The molecule has 3 aromatic carbocycles. The third-order valence-electron chi connectivity index (χ3n) is 7.55. The minimum absolute atomic E-state index is 0.0105. The number of piperazine rings is 1. The van der Waals surface area contributed by atoms with Crippen molar-refractivity contribution >= 4 is 11.8 Å². The topological polar surface area (TPSA) is 83.5 Å². The summed E-state index contributed by atoms with van der Waals surface area (Å²) >= 11 is 0. The van der Waals surface area contributed by atoms with Crippen LogP contribution in [0.15, 0.2) is 91.5 Å². The zero-order chi connectivity index (χ0) is 28.4. The second-order valence-electron chi connectivity index (χ2n) is 10.5. The SMILES string of the molecule is C=CCOC(=O)Nc1ccc([C@@H]2O[C@H](CN3CCN(Cc4ccccc4)CC3)C[C@H](c3ccc(CO)cc3)O2)cc1. The number of aliphatic hydroxyl groups excluding tert-OH is 1. The second kappa shape index (κ2) is 14.4. The van der Waals surface area contributed by atoms with Crippen molar-refractivity contribution in [2.24, 2.45) is 0 Å². The van der Waals surface area contributed by atoms with Gasteiger partial charge in [-0.05, 0) is 28.8 Å². The molecule has 3 atom stereocenters. The number of hydrogen-bond acceptors (Lipinski definition) is 7. The maximum Gasteiger partial charge on any atom is 0.411 e. The van der Waals surface area contributed by atoms with Crippen molar-refractivity contribution in [1.82, 2.24) is 9.80 Å². The molecular weight excluding hydrogens is 518 g/mol. The van der Waals surface area contributed by atoms with Crippen molar-refractivity contribution in [3.8, 4) is 0 Å². The predicted octanol–water partition coefficient (Wildman–Crippen LogP) is 5.28. The lowest BCUT2D eigenvalue weighted by Crippen LogP contribution is -2.49. The van der Waals surface area contributed by atoms with E-state index in [1.54, 1.807) is 0 Å². The van der Waals surface area contributed by atoms with Crippen LogP contribution in [0.2, 0.25) is 0 Å². The molecule has 1 amide bonds. The molecule has 5 rings (SSSR count). The Morgan fingerprint density at radius 2 is 1.59 bits per heavy atom. The van der Waals surface area contributed by atoms with Gasteiger partial charge in [0.05, 0.1) is 18.8 Å². The molecule has 2 fully saturated rings. The normalized spacial score (nSPS) is 21.7. The average Bonchev–Trinajstić information content (AvgIpc) is 3.02. The van der Waals surface area contributed by atoms with Gasteiger partial charge in [0.25, 0.3) is 0 Å². The molecule has 216 valence electrons. The number of nitrogens with one attached hydrogen (secondary N) is 1. The Bertz CT molecular complexity index is 1240. The lowest BCUT2D eigenvalue weighted by Gasteiger charge is -2.40. The van der Waals surface area contributed by atoms with Gasteiger partial charge in [0.2, 0.25) is 0 Å². The van der Waals surface area contributed by atoms with E-state index in [0.717, 1.165) is 62.4 Å². The Hall–Kier alpha value is -3.53. The van der Waals surface area contributed by atoms with Crippen LogP contribution >= 0.6 is 0 Å². The average molecular weight is 558 g/mol. The molecule has 2 N–H and O–H groups in total. The van der Waals surface area contributed by atoms with Crippen LogP contribution in [-0.4, -0.2) is 66.4 Å². The van der Waals surface area contributed by atoms with E-state index in [1.807, 2.05) is 48.5 Å². The van der Waals surface area contributed by atoms with Gasteiger partial charge in [-0.3, -0.25) is 15.1 Å². The first-order valence-corrected chi connectivity index (χ1v) is 14.2. The third kappa shape index (κ3) is 8.25. The molecule has 2 aliphatic rings. The zero-order valence-electron chi connectivity index (χ0n) is 23.4. The van der Waals surface area contributed by atoms with E-state index in [2.05, 4.69) is 52.0 Å². The Morgan fingerprint density at radius 1 is 0.902 bits per heavy atom. The second-order valence-corrected chi connectivity index (χ2v) is 10.5. The summed E-state index contributed by atoms with van der Waals surface area (Å²) in [6, 6.07) is 26.0. The van der Waals surface area contributed by atoms with Crippen molar-refractivity contribution in [2.75, 3.05) is 44.6 Å². The molecule has 41 heavy (non-hydrogen) atoms. The highest BCUT2D eigenvalue weighted by molar-refractivity contribution is 5.84. The molecule has 0 aromatic heterocycles. The van der Waals surface area contributed by atoms with Gasteiger partial charge in [0.15, 0.2) is 6.29 Å². The lowest BCUT2D eigenvalue weighted by atomic mass is 9.99. The van der Waals surface area contributed by atoms with Crippen molar-refractivity contribution < 1.29 is 24.1 Å². The summed E-state index contributed by atoms with van der Waals surface area (Å²) in [6.45, 7) is 9.57. The number of amides is 1. The van der Waals surface area contributed by atoms with Gasteiger partial charge in [-0.1, -0.05) is 79.4 Å². The number of hydrogen-bond donors (Lipinski definition) is 2. The molecule has 0 aliphatic carbocycles. The van der Waals surface area contributed by atoms with Crippen LogP contribution in [0.5, 0.6) is 0 Å². The van der Waals surface area contributed by atoms with Crippen LogP contribution in [0.3, 0.4) is 0 Å². The van der Waals surface area contributed by atoms with Crippen molar-refractivity contribution in [1.29, 1.82) is 0 Å². The fourth-order valence-corrected chi connectivity index (χ4v) is 5.30. The van der Waals surface area contributed by atoms with E-state index in [0.29, 0.717) is 5.69 Å². The van der Waals surface area contributed by atoms with Crippen LogP contribution in [0, 0.1) is 0 Å². The molecule has 2 heterocycles. The van der Waals surface area contributed by atoms with Crippen LogP contribution in [0.4, 0.5) is 10.5 Å². The molecule has 2 saturated heterocycles. The van der Waals surface area contributed by atoms with Gasteiger partial charge in [-0.25, -0.2) is 4.79 Å². The molecule has 3 aromatic rings. The standard InChI is InChI=1S/C33H39N3O5/c1-2-20-39-33(38)34-29-14-12-28(13-15-29)32-40-30(21-31(41-32)27-10-8-26(24-37)9-11-27)23-36-18-16-35(17-19-36)22-25-6-4-3-5-7-25/h2-15,30-32,37H,1,16-24H2,(H,34,38)/t30-,31+,32+/m0/s1. The maximum atomic E-state index is 11.9. The Morgan fingerprint density at radius 3 is 2.27 bits per heavy atom. The first-order chi connectivity index (χ1) is 20.1. The van der Waals surface area contributed by atoms with E-state index >= 15 is 0 Å². The van der Waals surface area contributed by atoms with Gasteiger partial charge in [-0.2, -0.15) is 0 Å². The molecule has 0 unspecified atom stereocenters. The summed E-state index contributed by atoms with van der Waals surface area (Å²) in [6.07, 6.45) is 1.04. The number of nitrogens with zero attached hydrogens (tertiary/aromatic N) is 2. The van der Waals surface area contributed by atoms with Gasteiger partial charge < -0.3 is 19.3 Å². The van der Waals surface area contributed by atoms with Gasteiger partial charge >= 0.3 is 6.09 Å². The van der Waals surface area contributed by atoms with E-state index in [4.69, 9.17) is 14.2 Å². The van der Waals surface area contributed by atoms with Gasteiger partial charge in [0, 0.05) is 56.9 Å². The number of rotatable bonds is 10. The highest BCUT2D eigenvalue weighted by Gasteiger charge is 2.33.